The lowest BCUT2D eigenvalue weighted by Crippen LogP contribution is -2.56. The number of rotatable bonds is 7. The molecule has 0 spiro atoms. The van der Waals surface area contributed by atoms with Crippen molar-refractivity contribution in [1.29, 1.82) is 0 Å². The van der Waals surface area contributed by atoms with Crippen molar-refractivity contribution in [2.45, 2.75) is 78.2 Å². The van der Waals surface area contributed by atoms with Gasteiger partial charge in [0.25, 0.3) is 0 Å². The van der Waals surface area contributed by atoms with Crippen LogP contribution >= 0.6 is 0 Å². The first-order valence-corrected chi connectivity index (χ1v) is 9.80. The molecule has 23 heavy (non-hydrogen) atoms. The average Bonchev–Trinajstić information content (AvgIpc) is 2.55. The van der Waals surface area contributed by atoms with Gasteiger partial charge < -0.3 is 20.7 Å². The summed E-state index contributed by atoms with van der Waals surface area (Å²) in [6.45, 7) is 15.7. The Bertz CT molecular complexity index is 335. The molecule has 4 nitrogen and oxygen atoms in total. The quantitative estimate of drug-likeness (QED) is 0.672. The second-order valence-electron chi connectivity index (χ2n) is 8.40. The normalized spacial score (nSPS) is 34.0. The Hall–Kier alpha value is -0.160. The second-order valence-corrected chi connectivity index (χ2v) is 8.40. The first kappa shape index (κ1) is 19.2. The van der Waals surface area contributed by atoms with Crippen LogP contribution < -0.4 is 16.0 Å². The van der Waals surface area contributed by atoms with Gasteiger partial charge in [-0.15, -0.1) is 0 Å². The largest absolute Gasteiger partial charge is 0.372 e. The molecule has 0 amide bonds. The van der Waals surface area contributed by atoms with E-state index in [2.05, 4.69) is 50.6 Å². The second kappa shape index (κ2) is 9.36. The molecule has 0 aromatic rings. The van der Waals surface area contributed by atoms with Gasteiger partial charge in [0.05, 0.1) is 12.2 Å². The zero-order valence-electron chi connectivity index (χ0n) is 15.9. The van der Waals surface area contributed by atoms with Crippen molar-refractivity contribution >= 4 is 0 Å². The van der Waals surface area contributed by atoms with Crippen LogP contribution in [-0.4, -0.2) is 50.5 Å². The lowest BCUT2D eigenvalue weighted by Gasteiger charge is -2.37. The van der Waals surface area contributed by atoms with Crippen LogP contribution in [0, 0.1) is 17.8 Å². The molecular formula is C19H39N3O. The van der Waals surface area contributed by atoms with Gasteiger partial charge in [0.2, 0.25) is 0 Å². The first-order valence-electron chi connectivity index (χ1n) is 9.80. The fraction of sp³-hybridized carbons (Fsp3) is 1.00. The van der Waals surface area contributed by atoms with Crippen LogP contribution in [0.25, 0.3) is 0 Å². The Kier molecular flexibility index (Phi) is 7.80. The van der Waals surface area contributed by atoms with Gasteiger partial charge in [0, 0.05) is 38.3 Å². The van der Waals surface area contributed by atoms with Crippen LogP contribution in [0.5, 0.6) is 0 Å². The number of hydrogen-bond acceptors (Lipinski definition) is 4. The van der Waals surface area contributed by atoms with Crippen molar-refractivity contribution in [3.8, 4) is 0 Å². The van der Waals surface area contributed by atoms with E-state index in [0.29, 0.717) is 42.0 Å². The molecule has 5 unspecified atom stereocenters. The molecule has 2 rings (SSSR count). The zero-order valence-corrected chi connectivity index (χ0v) is 15.9. The highest BCUT2D eigenvalue weighted by Crippen LogP contribution is 2.22. The van der Waals surface area contributed by atoms with Gasteiger partial charge in [0.1, 0.15) is 0 Å². The van der Waals surface area contributed by atoms with E-state index in [0.717, 1.165) is 26.2 Å². The van der Waals surface area contributed by atoms with Gasteiger partial charge in [0.15, 0.2) is 0 Å². The number of hydrogen-bond donors (Lipinski definition) is 3. The van der Waals surface area contributed by atoms with Crippen molar-refractivity contribution < 1.29 is 4.74 Å². The highest BCUT2D eigenvalue weighted by Gasteiger charge is 2.28. The summed E-state index contributed by atoms with van der Waals surface area (Å²) in [6.07, 6.45) is 4.59. The number of ether oxygens (including phenoxy) is 1. The summed E-state index contributed by atoms with van der Waals surface area (Å²) in [4.78, 5) is 0. The molecule has 2 saturated heterocycles. The Balaban J connectivity index is 1.67. The molecule has 0 radical (unpaired) electrons. The summed E-state index contributed by atoms with van der Waals surface area (Å²) < 4.78 is 6.31. The monoisotopic (exact) mass is 325 g/mol. The van der Waals surface area contributed by atoms with Crippen molar-refractivity contribution in [2.75, 3.05) is 26.2 Å². The highest BCUT2D eigenvalue weighted by atomic mass is 16.5. The number of piperazine rings is 1. The van der Waals surface area contributed by atoms with Gasteiger partial charge in [-0.1, -0.05) is 41.0 Å². The molecule has 4 heteroatoms. The molecule has 2 heterocycles. The van der Waals surface area contributed by atoms with Crippen LogP contribution in [0.1, 0.15) is 53.9 Å². The molecule has 3 N–H and O–H groups in total. The van der Waals surface area contributed by atoms with Crippen molar-refractivity contribution in [2.24, 2.45) is 17.8 Å². The van der Waals surface area contributed by atoms with E-state index in [4.69, 9.17) is 4.74 Å². The van der Waals surface area contributed by atoms with Crippen LogP contribution in [-0.2, 0) is 4.74 Å². The molecule has 2 aliphatic heterocycles. The average molecular weight is 326 g/mol. The number of nitrogens with one attached hydrogen (secondary N) is 3. The van der Waals surface area contributed by atoms with Gasteiger partial charge in [-0.25, -0.2) is 0 Å². The molecular weight excluding hydrogens is 286 g/mol. The van der Waals surface area contributed by atoms with Crippen LogP contribution in [0.3, 0.4) is 0 Å². The summed E-state index contributed by atoms with van der Waals surface area (Å²) in [5.74, 6) is 1.95. The van der Waals surface area contributed by atoms with E-state index < -0.39 is 0 Å². The molecule has 0 aromatic heterocycles. The molecule has 0 saturated carbocycles. The van der Waals surface area contributed by atoms with Crippen LogP contribution in [0.15, 0.2) is 0 Å². The van der Waals surface area contributed by atoms with E-state index in [9.17, 15) is 0 Å². The molecule has 2 fully saturated rings. The molecule has 5 atom stereocenters. The van der Waals surface area contributed by atoms with Gasteiger partial charge >= 0.3 is 0 Å². The zero-order chi connectivity index (χ0) is 16.8. The van der Waals surface area contributed by atoms with E-state index in [1.807, 2.05) is 0 Å². The Morgan fingerprint density at radius 2 is 1.57 bits per heavy atom. The van der Waals surface area contributed by atoms with E-state index >= 15 is 0 Å². The maximum absolute atomic E-state index is 6.31. The fourth-order valence-corrected chi connectivity index (χ4v) is 3.74. The number of morpholine rings is 1. The minimum absolute atomic E-state index is 0.382. The third kappa shape index (κ3) is 6.00. The minimum atomic E-state index is 0.382. The van der Waals surface area contributed by atoms with Crippen molar-refractivity contribution in [3.63, 3.8) is 0 Å². The summed E-state index contributed by atoms with van der Waals surface area (Å²) in [5.41, 5.74) is 0. The predicted octanol–water partition coefficient (Wildman–Crippen LogP) is 2.39. The standard InChI is InChI=1S/C19H39N3O/c1-13(2)17-10-20-9-16(22-17)8-6-7-15(5)19-12-21-11-18(23-19)14(3)4/h13-22H,6-12H2,1-5H3. The highest BCUT2D eigenvalue weighted by molar-refractivity contribution is 4.86. The van der Waals surface area contributed by atoms with E-state index in [1.54, 1.807) is 0 Å². The predicted molar refractivity (Wildman–Crippen MR) is 97.8 cm³/mol. The Morgan fingerprint density at radius 3 is 2.26 bits per heavy atom. The topological polar surface area (TPSA) is 45.3 Å². The van der Waals surface area contributed by atoms with Gasteiger partial charge in [-0.05, 0) is 30.6 Å². The molecule has 136 valence electrons. The molecule has 0 aromatic carbocycles. The SMILES string of the molecule is CC(C)C1CNCC(CCCC(C)C2CNCC(C(C)C)O2)N1. The van der Waals surface area contributed by atoms with Crippen molar-refractivity contribution in [3.05, 3.63) is 0 Å². The maximum atomic E-state index is 6.31. The van der Waals surface area contributed by atoms with Gasteiger partial charge in [-0.3, -0.25) is 0 Å². The Labute approximate surface area is 143 Å². The molecule has 0 bridgehead atoms. The maximum Gasteiger partial charge on any atom is 0.0729 e. The summed E-state index contributed by atoms with van der Waals surface area (Å²) >= 11 is 0. The molecule has 2 aliphatic rings. The summed E-state index contributed by atoms with van der Waals surface area (Å²) in [5, 5.41) is 11.0. The fourth-order valence-electron chi connectivity index (χ4n) is 3.74. The minimum Gasteiger partial charge on any atom is -0.372 e. The smallest absolute Gasteiger partial charge is 0.0729 e. The van der Waals surface area contributed by atoms with Crippen molar-refractivity contribution in [1.82, 2.24) is 16.0 Å². The van der Waals surface area contributed by atoms with Crippen LogP contribution in [0.4, 0.5) is 0 Å². The Morgan fingerprint density at radius 1 is 0.870 bits per heavy atom. The lowest BCUT2D eigenvalue weighted by atomic mass is 9.93. The summed E-state index contributed by atoms with van der Waals surface area (Å²) in [7, 11) is 0. The molecule has 0 aliphatic carbocycles. The lowest BCUT2D eigenvalue weighted by molar-refractivity contribution is -0.0821. The third-order valence-corrected chi connectivity index (χ3v) is 5.64. The van der Waals surface area contributed by atoms with Gasteiger partial charge in [-0.2, -0.15) is 0 Å². The summed E-state index contributed by atoms with van der Waals surface area (Å²) in [6, 6.07) is 1.26. The first-order chi connectivity index (χ1) is 11.0. The third-order valence-electron chi connectivity index (χ3n) is 5.64. The van der Waals surface area contributed by atoms with Crippen LogP contribution in [0.2, 0.25) is 0 Å². The van der Waals surface area contributed by atoms with E-state index in [1.165, 1.54) is 19.3 Å². The van der Waals surface area contributed by atoms with E-state index in [-0.39, 0.29) is 0 Å².